The van der Waals surface area contributed by atoms with Gasteiger partial charge in [0.25, 0.3) is 5.91 Å². The zero-order valence-corrected chi connectivity index (χ0v) is 13.8. The van der Waals surface area contributed by atoms with Gasteiger partial charge in [0.05, 0.1) is 6.04 Å². The minimum atomic E-state index is -0.00502. The van der Waals surface area contributed by atoms with Gasteiger partial charge in [-0.2, -0.15) is 11.3 Å². The third kappa shape index (κ3) is 3.93. The van der Waals surface area contributed by atoms with Crippen molar-refractivity contribution in [2.75, 3.05) is 20.6 Å². The molecule has 1 unspecified atom stereocenters. The summed E-state index contributed by atoms with van der Waals surface area (Å²) < 4.78 is 0. The van der Waals surface area contributed by atoms with Crippen molar-refractivity contribution in [2.24, 2.45) is 0 Å². The minimum Gasteiger partial charge on any atom is -0.350 e. The van der Waals surface area contributed by atoms with Gasteiger partial charge in [0.2, 0.25) is 0 Å². The molecule has 0 aliphatic heterocycles. The standard InChI is InChI=1S/C17H22N2OS/c1-12-5-6-15(13(2)9-12)17(20)18-10-16(19(3)4)14-7-8-21-11-14/h5-9,11,16H,10H2,1-4H3,(H,18,20). The lowest BCUT2D eigenvalue weighted by Gasteiger charge is -2.24. The smallest absolute Gasteiger partial charge is 0.251 e. The Labute approximate surface area is 130 Å². The number of benzene rings is 1. The van der Waals surface area contributed by atoms with Crippen molar-refractivity contribution in [1.29, 1.82) is 0 Å². The number of amides is 1. The highest BCUT2D eigenvalue weighted by Crippen LogP contribution is 2.20. The first kappa shape index (κ1) is 15.7. The van der Waals surface area contributed by atoms with Crippen LogP contribution in [0.4, 0.5) is 0 Å². The maximum Gasteiger partial charge on any atom is 0.251 e. The van der Waals surface area contributed by atoms with E-state index in [0.717, 1.165) is 11.1 Å². The third-order valence-electron chi connectivity index (χ3n) is 3.63. The summed E-state index contributed by atoms with van der Waals surface area (Å²) in [6, 6.07) is 8.22. The van der Waals surface area contributed by atoms with Crippen molar-refractivity contribution in [2.45, 2.75) is 19.9 Å². The average Bonchev–Trinajstić information content (AvgIpc) is 2.92. The van der Waals surface area contributed by atoms with Gasteiger partial charge in [0.15, 0.2) is 0 Å². The molecule has 0 aliphatic rings. The second-order valence-electron chi connectivity index (χ2n) is 5.56. The van der Waals surface area contributed by atoms with Crippen LogP contribution in [0.1, 0.15) is 33.1 Å². The normalized spacial score (nSPS) is 12.4. The van der Waals surface area contributed by atoms with Crippen molar-refractivity contribution in [3.8, 4) is 0 Å². The largest absolute Gasteiger partial charge is 0.350 e. The summed E-state index contributed by atoms with van der Waals surface area (Å²) in [5.74, 6) is -0.00502. The quantitative estimate of drug-likeness (QED) is 0.918. The van der Waals surface area contributed by atoms with E-state index in [1.165, 1.54) is 11.1 Å². The number of carbonyl (C=O) groups is 1. The fourth-order valence-electron chi connectivity index (χ4n) is 2.42. The van der Waals surface area contributed by atoms with E-state index in [-0.39, 0.29) is 11.9 Å². The third-order valence-corrected chi connectivity index (χ3v) is 4.34. The lowest BCUT2D eigenvalue weighted by atomic mass is 10.0. The molecule has 0 saturated carbocycles. The highest BCUT2D eigenvalue weighted by atomic mass is 32.1. The van der Waals surface area contributed by atoms with Crippen LogP contribution in [0.25, 0.3) is 0 Å². The molecule has 1 heterocycles. The second kappa shape index (κ2) is 6.87. The van der Waals surface area contributed by atoms with E-state index in [4.69, 9.17) is 0 Å². The molecule has 0 saturated heterocycles. The van der Waals surface area contributed by atoms with Crippen molar-refractivity contribution < 1.29 is 4.79 Å². The van der Waals surface area contributed by atoms with Crippen LogP contribution in [0.2, 0.25) is 0 Å². The van der Waals surface area contributed by atoms with Crippen LogP contribution < -0.4 is 5.32 Å². The molecule has 21 heavy (non-hydrogen) atoms. The Morgan fingerprint density at radius 3 is 2.62 bits per heavy atom. The number of likely N-dealkylation sites (N-methyl/N-ethyl adjacent to an activating group) is 1. The predicted molar refractivity (Wildman–Crippen MR) is 89.0 cm³/mol. The van der Waals surface area contributed by atoms with E-state index in [9.17, 15) is 4.79 Å². The number of aryl methyl sites for hydroxylation is 2. The van der Waals surface area contributed by atoms with Crippen LogP contribution in [-0.2, 0) is 0 Å². The first-order valence-corrected chi connectivity index (χ1v) is 7.97. The number of hydrogen-bond donors (Lipinski definition) is 1. The Morgan fingerprint density at radius 2 is 2.05 bits per heavy atom. The summed E-state index contributed by atoms with van der Waals surface area (Å²) in [4.78, 5) is 14.5. The van der Waals surface area contributed by atoms with Crippen LogP contribution in [0, 0.1) is 13.8 Å². The number of rotatable bonds is 5. The Balaban J connectivity index is 2.05. The minimum absolute atomic E-state index is 0.00502. The van der Waals surface area contributed by atoms with Crippen LogP contribution in [0.3, 0.4) is 0 Å². The maximum absolute atomic E-state index is 12.3. The molecule has 1 aromatic carbocycles. The molecule has 0 radical (unpaired) electrons. The maximum atomic E-state index is 12.3. The van der Waals surface area contributed by atoms with Gasteiger partial charge in [0, 0.05) is 12.1 Å². The predicted octanol–water partition coefficient (Wildman–Crippen LogP) is 3.40. The molecular formula is C17H22N2OS. The lowest BCUT2D eigenvalue weighted by molar-refractivity contribution is 0.0941. The molecule has 0 aliphatic carbocycles. The lowest BCUT2D eigenvalue weighted by Crippen LogP contribution is -2.34. The molecule has 0 bridgehead atoms. The molecule has 3 nitrogen and oxygen atoms in total. The van der Waals surface area contributed by atoms with Gasteiger partial charge >= 0.3 is 0 Å². The molecule has 2 aromatic rings. The van der Waals surface area contributed by atoms with Crippen LogP contribution >= 0.6 is 11.3 Å². The Morgan fingerprint density at radius 1 is 1.29 bits per heavy atom. The van der Waals surface area contributed by atoms with Crippen molar-refractivity contribution in [3.05, 3.63) is 57.3 Å². The summed E-state index contributed by atoms with van der Waals surface area (Å²) in [5, 5.41) is 7.25. The molecule has 1 aromatic heterocycles. The molecule has 0 fully saturated rings. The molecule has 2 rings (SSSR count). The Kier molecular flexibility index (Phi) is 5.15. The van der Waals surface area contributed by atoms with Crippen molar-refractivity contribution >= 4 is 17.2 Å². The highest BCUT2D eigenvalue weighted by molar-refractivity contribution is 7.07. The van der Waals surface area contributed by atoms with E-state index in [2.05, 4.69) is 27.0 Å². The fraction of sp³-hybridized carbons (Fsp3) is 0.353. The van der Waals surface area contributed by atoms with Crippen LogP contribution in [0.15, 0.2) is 35.0 Å². The molecule has 1 atom stereocenters. The number of carbonyl (C=O) groups excluding carboxylic acids is 1. The molecule has 4 heteroatoms. The van der Waals surface area contributed by atoms with Gasteiger partial charge in [-0.15, -0.1) is 0 Å². The first-order chi connectivity index (χ1) is 9.99. The van der Waals surface area contributed by atoms with E-state index in [0.29, 0.717) is 6.54 Å². The molecule has 1 amide bonds. The molecule has 112 valence electrons. The van der Waals surface area contributed by atoms with Gasteiger partial charge in [-0.05, 0) is 62.0 Å². The monoisotopic (exact) mass is 302 g/mol. The van der Waals surface area contributed by atoms with Crippen molar-refractivity contribution in [1.82, 2.24) is 10.2 Å². The molecular weight excluding hydrogens is 280 g/mol. The highest BCUT2D eigenvalue weighted by Gasteiger charge is 2.16. The van der Waals surface area contributed by atoms with E-state index >= 15 is 0 Å². The SMILES string of the molecule is Cc1ccc(C(=O)NCC(c2ccsc2)N(C)C)c(C)c1. The Bertz CT molecular complexity index is 605. The van der Waals surface area contributed by atoms with Crippen molar-refractivity contribution in [3.63, 3.8) is 0 Å². The summed E-state index contributed by atoms with van der Waals surface area (Å²) >= 11 is 1.68. The second-order valence-corrected chi connectivity index (χ2v) is 6.34. The molecule has 1 N–H and O–H groups in total. The molecule has 0 spiro atoms. The van der Waals surface area contributed by atoms with Gasteiger partial charge in [0.1, 0.15) is 0 Å². The van der Waals surface area contributed by atoms with Gasteiger partial charge in [-0.25, -0.2) is 0 Å². The van der Waals surface area contributed by atoms with E-state index in [1.54, 1.807) is 11.3 Å². The zero-order valence-electron chi connectivity index (χ0n) is 13.0. The number of hydrogen-bond acceptors (Lipinski definition) is 3. The van der Waals surface area contributed by atoms with Crippen LogP contribution in [-0.4, -0.2) is 31.4 Å². The zero-order chi connectivity index (χ0) is 15.4. The van der Waals surface area contributed by atoms with Gasteiger partial charge in [-0.3, -0.25) is 4.79 Å². The topological polar surface area (TPSA) is 32.3 Å². The first-order valence-electron chi connectivity index (χ1n) is 7.03. The van der Waals surface area contributed by atoms with E-state index in [1.807, 2.05) is 46.1 Å². The van der Waals surface area contributed by atoms with Gasteiger partial charge < -0.3 is 10.2 Å². The van der Waals surface area contributed by atoms with E-state index < -0.39 is 0 Å². The average molecular weight is 302 g/mol. The number of thiophene rings is 1. The summed E-state index contributed by atoms with van der Waals surface area (Å²) in [7, 11) is 4.07. The number of nitrogens with zero attached hydrogens (tertiary/aromatic N) is 1. The summed E-state index contributed by atoms with van der Waals surface area (Å²) in [6.45, 7) is 4.62. The number of nitrogens with one attached hydrogen (secondary N) is 1. The van der Waals surface area contributed by atoms with Crippen LogP contribution in [0.5, 0.6) is 0 Å². The fourth-order valence-corrected chi connectivity index (χ4v) is 3.12. The summed E-state index contributed by atoms with van der Waals surface area (Å²) in [5.41, 5.74) is 4.19. The Hall–Kier alpha value is -1.65. The van der Waals surface area contributed by atoms with Gasteiger partial charge in [-0.1, -0.05) is 17.7 Å². The summed E-state index contributed by atoms with van der Waals surface area (Å²) in [6.07, 6.45) is 0.